The zero-order valence-corrected chi connectivity index (χ0v) is 14.8. The minimum absolute atomic E-state index is 0.0672. The second kappa shape index (κ2) is 8.89. The normalized spacial score (nSPS) is 10.6. The SMILES string of the molecule is C#CCOc1ccc(CCNC(=O)Nc2cccc(S(N)(=O)=O)c2)cc1. The van der Waals surface area contributed by atoms with Crippen LogP contribution in [0.2, 0.25) is 0 Å². The number of sulfonamides is 1. The van der Waals surface area contributed by atoms with Crippen LogP contribution in [0.5, 0.6) is 5.75 Å². The lowest BCUT2D eigenvalue weighted by atomic mass is 10.1. The monoisotopic (exact) mass is 373 g/mol. The van der Waals surface area contributed by atoms with Gasteiger partial charge in [-0.2, -0.15) is 0 Å². The molecule has 0 unspecified atom stereocenters. The molecule has 2 rings (SSSR count). The summed E-state index contributed by atoms with van der Waals surface area (Å²) in [5.41, 5.74) is 1.36. The number of carbonyl (C=O) groups is 1. The maximum absolute atomic E-state index is 11.9. The topological polar surface area (TPSA) is 111 Å². The third-order valence-electron chi connectivity index (χ3n) is 3.37. The van der Waals surface area contributed by atoms with Crippen LogP contribution in [-0.2, 0) is 16.4 Å². The van der Waals surface area contributed by atoms with Gasteiger partial charge in [0.05, 0.1) is 4.90 Å². The number of rotatable bonds is 7. The van der Waals surface area contributed by atoms with Gasteiger partial charge in [0, 0.05) is 12.2 Å². The van der Waals surface area contributed by atoms with E-state index in [9.17, 15) is 13.2 Å². The summed E-state index contributed by atoms with van der Waals surface area (Å²) in [6, 6.07) is 12.7. The number of hydrogen-bond acceptors (Lipinski definition) is 4. The number of primary sulfonamides is 1. The fraction of sp³-hybridized carbons (Fsp3) is 0.167. The lowest BCUT2D eigenvalue weighted by molar-refractivity contribution is 0.252. The lowest BCUT2D eigenvalue weighted by Gasteiger charge is -2.09. The number of hydrogen-bond donors (Lipinski definition) is 3. The number of benzene rings is 2. The Bertz CT molecular complexity index is 903. The average Bonchev–Trinajstić information content (AvgIpc) is 2.60. The van der Waals surface area contributed by atoms with E-state index in [0.29, 0.717) is 24.4 Å². The largest absolute Gasteiger partial charge is 0.481 e. The van der Waals surface area contributed by atoms with Gasteiger partial charge in [-0.1, -0.05) is 24.1 Å². The van der Waals surface area contributed by atoms with Crippen LogP contribution in [0.1, 0.15) is 5.56 Å². The van der Waals surface area contributed by atoms with Gasteiger partial charge in [-0.05, 0) is 42.3 Å². The Balaban J connectivity index is 1.81. The van der Waals surface area contributed by atoms with Gasteiger partial charge in [0.15, 0.2) is 0 Å². The number of ether oxygens (including phenoxy) is 1. The molecule has 2 aromatic rings. The van der Waals surface area contributed by atoms with Crippen molar-refractivity contribution in [1.82, 2.24) is 5.32 Å². The summed E-state index contributed by atoms with van der Waals surface area (Å²) in [5.74, 6) is 3.08. The number of amides is 2. The van der Waals surface area contributed by atoms with Gasteiger partial charge in [-0.25, -0.2) is 18.4 Å². The van der Waals surface area contributed by atoms with Crippen LogP contribution in [0.4, 0.5) is 10.5 Å². The van der Waals surface area contributed by atoms with Gasteiger partial charge < -0.3 is 15.4 Å². The molecule has 4 N–H and O–H groups in total. The quantitative estimate of drug-likeness (QED) is 0.642. The van der Waals surface area contributed by atoms with E-state index in [4.69, 9.17) is 16.3 Å². The lowest BCUT2D eigenvalue weighted by Crippen LogP contribution is -2.30. The molecule has 0 radical (unpaired) electrons. The van der Waals surface area contributed by atoms with E-state index in [-0.39, 0.29) is 11.5 Å². The van der Waals surface area contributed by atoms with Gasteiger partial charge in [0.2, 0.25) is 10.0 Å². The van der Waals surface area contributed by atoms with E-state index in [1.165, 1.54) is 18.2 Å². The van der Waals surface area contributed by atoms with Crippen molar-refractivity contribution in [3.05, 3.63) is 54.1 Å². The Hall–Kier alpha value is -3.02. The Morgan fingerprint density at radius 1 is 1.19 bits per heavy atom. The first-order valence-corrected chi connectivity index (χ1v) is 9.26. The van der Waals surface area contributed by atoms with Crippen molar-refractivity contribution in [1.29, 1.82) is 0 Å². The highest BCUT2D eigenvalue weighted by Crippen LogP contribution is 2.14. The molecule has 0 saturated carbocycles. The molecule has 136 valence electrons. The fourth-order valence-electron chi connectivity index (χ4n) is 2.12. The summed E-state index contributed by atoms with van der Waals surface area (Å²) >= 11 is 0. The van der Waals surface area contributed by atoms with E-state index in [1.54, 1.807) is 6.07 Å². The van der Waals surface area contributed by atoms with Gasteiger partial charge in [0.25, 0.3) is 0 Å². The third kappa shape index (κ3) is 6.12. The van der Waals surface area contributed by atoms with Crippen molar-refractivity contribution in [2.45, 2.75) is 11.3 Å². The molecule has 0 fully saturated rings. The summed E-state index contributed by atoms with van der Waals surface area (Å²) in [5, 5.41) is 10.3. The molecule has 0 aliphatic heterocycles. The Morgan fingerprint density at radius 3 is 2.58 bits per heavy atom. The minimum atomic E-state index is -3.82. The average molecular weight is 373 g/mol. The highest BCUT2D eigenvalue weighted by Gasteiger charge is 2.09. The molecule has 0 aliphatic carbocycles. The standard InChI is InChI=1S/C18H19N3O4S/c1-2-12-25-16-8-6-14(7-9-16)10-11-20-18(22)21-15-4-3-5-17(13-15)26(19,23)24/h1,3-9,13H,10-12H2,(H2,19,23,24)(H2,20,21,22). The molecule has 0 heterocycles. The van der Waals surface area contributed by atoms with Crippen LogP contribution < -0.4 is 20.5 Å². The van der Waals surface area contributed by atoms with Gasteiger partial charge >= 0.3 is 6.03 Å². The molecule has 2 aromatic carbocycles. The minimum Gasteiger partial charge on any atom is -0.481 e. The smallest absolute Gasteiger partial charge is 0.319 e. The highest BCUT2D eigenvalue weighted by atomic mass is 32.2. The summed E-state index contributed by atoms with van der Waals surface area (Å²) < 4.78 is 27.9. The van der Waals surface area contributed by atoms with E-state index in [0.717, 1.165) is 5.56 Å². The molecule has 2 amide bonds. The van der Waals surface area contributed by atoms with E-state index < -0.39 is 16.1 Å². The molecule has 7 nitrogen and oxygen atoms in total. The molecular formula is C18H19N3O4S. The number of nitrogens with one attached hydrogen (secondary N) is 2. The molecular weight excluding hydrogens is 354 g/mol. The summed E-state index contributed by atoms with van der Waals surface area (Å²) in [6.07, 6.45) is 5.75. The molecule has 0 aliphatic rings. The van der Waals surface area contributed by atoms with Crippen molar-refractivity contribution in [2.24, 2.45) is 5.14 Å². The molecule has 0 bridgehead atoms. The number of terminal acetylenes is 1. The van der Waals surface area contributed by atoms with Gasteiger partial charge in [0.1, 0.15) is 12.4 Å². The Labute approximate surface area is 152 Å². The first-order valence-electron chi connectivity index (χ1n) is 7.71. The van der Waals surface area contributed by atoms with Crippen LogP contribution in [-0.4, -0.2) is 27.6 Å². The molecule has 0 saturated heterocycles. The summed E-state index contributed by atoms with van der Waals surface area (Å²) in [6.45, 7) is 0.624. The predicted octanol–water partition coefficient (Wildman–Crippen LogP) is 1.71. The van der Waals surface area contributed by atoms with Crippen molar-refractivity contribution in [3.8, 4) is 18.1 Å². The predicted molar refractivity (Wildman–Crippen MR) is 99.3 cm³/mol. The van der Waals surface area contributed by atoms with Gasteiger partial charge in [-0.3, -0.25) is 0 Å². The summed E-state index contributed by atoms with van der Waals surface area (Å²) in [4.78, 5) is 11.8. The van der Waals surface area contributed by atoms with Crippen LogP contribution in [0.3, 0.4) is 0 Å². The molecule has 26 heavy (non-hydrogen) atoms. The van der Waals surface area contributed by atoms with Crippen molar-refractivity contribution in [2.75, 3.05) is 18.5 Å². The maximum atomic E-state index is 11.9. The maximum Gasteiger partial charge on any atom is 0.319 e. The summed E-state index contributed by atoms with van der Waals surface area (Å²) in [7, 11) is -3.82. The number of carbonyl (C=O) groups excluding carboxylic acids is 1. The molecule has 0 aromatic heterocycles. The third-order valence-corrected chi connectivity index (χ3v) is 4.28. The van der Waals surface area contributed by atoms with Crippen molar-refractivity contribution >= 4 is 21.7 Å². The molecule has 8 heteroatoms. The van der Waals surface area contributed by atoms with E-state index in [2.05, 4.69) is 16.6 Å². The fourth-order valence-corrected chi connectivity index (χ4v) is 2.68. The van der Waals surface area contributed by atoms with E-state index >= 15 is 0 Å². The zero-order valence-electron chi connectivity index (χ0n) is 13.9. The second-order valence-electron chi connectivity index (χ2n) is 5.34. The highest BCUT2D eigenvalue weighted by molar-refractivity contribution is 7.89. The second-order valence-corrected chi connectivity index (χ2v) is 6.90. The first kappa shape index (κ1) is 19.3. The molecule has 0 atom stereocenters. The number of anilines is 1. The zero-order chi connectivity index (χ0) is 19.0. The van der Waals surface area contributed by atoms with Crippen LogP contribution in [0, 0.1) is 12.3 Å². The van der Waals surface area contributed by atoms with Crippen molar-refractivity contribution in [3.63, 3.8) is 0 Å². The van der Waals surface area contributed by atoms with Crippen LogP contribution in [0.15, 0.2) is 53.4 Å². The van der Waals surface area contributed by atoms with Crippen molar-refractivity contribution < 1.29 is 17.9 Å². The number of nitrogens with two attached hydrogens (primary N) is 1. The number of urea groups is 1. The Morgan fingerprint density at radius 2 is 1.92 bits per heavy atom. The van der Waals surface area contributed by atoms with Crippen LogP contribution in [0.25, 0.3) is 0 Å². The first-order chi connectivity index (χ1) is 12.4. The Kier molecular flexibility index (Phi) is 6.60. The van der Waals surface area contributed by atoms with E-state index in [1.807, 2.05) is 24.3 Å². The molecule has 0 spiro atoms. The van der Waals surface area contributed by atoms with Gasteiger partial charge in [-0.15, -0.1) is 6.42 Å². The van der Waals surface area contributed by atoms with Crippen LogP contribution >= 0.6 is 0 Å².